The lowest BCUT2D eigenvalue weighted by atomic mass is 9.94. The van der Waals surface area contributed by atoms with E-state index in [1.807, 2.05) is 12.1 Å². The first-order valence-electron chi connectivity index (χ1n) is 9.72. The number of benzene rings is 1. The Labute approximate surface area is 164 Å². The van der Waals surface area contributed by atoms with Gasteiger partial charge in [-0.2, -0.15) is 0 Å². The van der Waals surface area contributed by atoms with E-state index in [-0.39, 0.29) is 23.8 Å². The van der Waals surface area contributed by atoms with Crippen LogP contribution in [0.3, 0.4) is 0 Å². The third-order valence-corrected chi connectivity index (χ3v) is 5.59. The molecule has 2 aliphatic rings. The van der Waals surface area contributed by atoms with E-state index in [2.05, 4.69) is 4.98 Å². The van der Waals surface area contributed by atoms with Crippen molar-refractivity contribution in [3.05, 3.63) is 65.0 Å². The van der Waals surface area contributed by atoms with Crippen LogP contribution in [0.4, 0.5) is 0 Å². The van der Waals surface area contributed by atoms with Crippen molar-refractivity contribution in [3.63, 3.8) is 0 Å². The van der Waals surface area contributed by atoms with Crippen LogP contribution >= 0.6 is 0 Å². The highest BCUT2D eigenvalue weighted by molar-refractivity contribution is 6.22. The summed E-state index contributed by atoms with van der Waals surface area (Å²) >= 11 is 0. The Bertz CT molecular complexity index is 920. The lowest BCUT2D eigenvalue weighted by Crippen LogP contribution is -2.40. The lowest BCUT2D eigenvalue weighted by Gasteiger charge is -2.29. The van der Waals surface area contributed by atoms with Gasteiger partial charge in [0.25, 0.3) is 17.7 Å². The van der Waals surface area contributed by atoms with Crippen LogP contribution in [0.2, 0.25) is 0 Å². The molecule has 0 saturated heterocycles. The van der Waals surface area contributed by atoms with E-state index >= 15 is 0 Å². The highest BCUT2D eigenvalue weighted by Crippen LogP contribution is 2.31. The minimum atomic E-state index is -0.267. The van der Waals surface area contributed by atoms with Crippen molar-refractivity contribution in [2.24, 2.45) is 0 Å². The molecular weight excluding hydrogens is 354 g/mol. The smallest absolute Gasteiger partial charge is 0.261 e. The number of amides is 3. The van der Waals surface area contributed by atoms with Crippen LogP contribution in [-0.2, 0) is 6.54 Å². The maximum absolute atomic E-state index is 12.9. The van der Waals surface area contributed by atoms with Crippen LogP contribution in [0.5, 0.6) is 0 Å². The Balaban J connectivity index is 1.55. The number of fused-ring (bicyclic) bond motifs is 1. The molecule has 1 saturated carbocycles. The Morgan fingerprint density at radius 1 is 1.11 bits per heavy atom. The summed E-state index contributed by atoms with van der Waals surface area (Å²) < 4.78 is 0. The minimum Gasteiger partial charge on any atom is -0.337 e. The van der Waals surface area contributed by atoms with E-state index < -0.39 is 0 Å². The average molecular weight is 377 g/mol. The standard InChI is InChI=1S/C22H23N3O3/c1-24(14-15-6-5-11-23-13-15)20(26)16-9-10-18-19(12-16)22(28)25(21(18)27)17-7-3-2-4-8-17/h5-6,9-13,17H,2-4,7-8,14H2,1H3. The molecule has 6 heteroatoms. The number of hydrogen-bond acceptors (Lipinski definition) is 4. The lowest BCUT2D eigenvalue weighted by molar-refractivity contribution is 0.0548. The molecule has 4 rings (SSSR count). The van der Waals surface area contributed by atoms with Crippen LogP contribution < -0.4 is 0 Å². The SMILES string of the molecule is CN(Cc1cccnc1)C(=O)c1ccc2c(c1)C(=O)N(C1CCCCC1)C2=O. The molecule has 6 nitrogen and oxygen atoms in total. The summed E-state index contributed by atoms with van der Waals surface area (Å²) in [6.45, 7) is 0.421. The normalized spacial score (nSPS) is 17.0. The fraction of sp³-hybridized carbons (Fsp3) is 0.364. The second-order valence-electron chi connectivity index (χ2n) is 7.55. The fourth-order valence-corrected chi connectivity index (χ4v) is 4.12. The topological polar surface area (TPSA) is 70.6 Å². The van der Waals surface area contributed by atoms with E-state index in [4.69, 9.17) is 0 Å². The van der Waals surface area contributed by atoms with Crippen molar-refractivity contribution in [1.29, 1.82) is 0 Å². The van der Waals surface area contributed by atoms with Gasteiger partial charge in [0.1, 0.15) is 0 Å². The van der Waals surface area contributed by atoms with Crippen molar-refractivity contribution < 1.29 is 14.4 Å². The van der Waals surface area contributed by atoms with Crippen molar-refractivity contribution in [3.8, 4) is 0 Å². The summed E-state index contributed by atoms with van der Waals surface area (Å²) in [5, 5.41) is 0. The second kappa shape index (κ2) is 7.54. The minimum absolute atomic E-state index is 0.0199. The quantitative estimate of drug-likeness (QED) is 0.767. The van der Waals surface area contributed by atoms with Gasteiger partial charge in [0.2, 0.25) is 0 Å². The summed E-state index contributed by atoms with van der Waals surface area (Å²) in [7, 11) is 1.71. The predicted octanol–water partition coefficient (Wildman–Crippen LogP) is 3.28. The third-order valence-electron chi connectivity index (χ3n) is 5.59. The first kappa shape index (κ1) is 18.3. The first-order chi connectivity index (χ1) is 13.6. The van der Waals surface area contributed by atoms with Gasteiger partial charge < -0.3 is 4.90 Å². The molecule has 3 amide bonds. The summed E-state index contributed by atoms with van der Waals surface area (Å²) in [5.41, 5.74) is 2.09. The Morgan fingerprint density at radius 3 is 2.57 bits per heavy atom. The van der Waals surface area contributed by atoms with Gasteiger partial charge in [-0.15, -0.1) is 0 Å². The van der Waals surface area contributed by atoms with Crippen LogP contribution in [0.15, 0.2) is 42.7 Å². The number of rotatable bonds is 4. The summed E-state index contributed by atoms with van der Waals surface area (Å²) in [5.74, 6) is -0.686. The highest BCUT2D eigenvalue weighted by Gasteiger charge is 2.40. The largest absolute Gasteiger partial charge is 0.337 e. The van der Waals surface area contributed by atoms with Gasteiger partial charge in [0, 0.05) is 37.6 Å². The molecule has 0 radical (unpaired) electrons. The molecule has 2 aromatic rings. The molecule has 1 fully saturated rings. The molecule has 144 valence electrons. The number of aromatic nitrogens is 1. The van der Waals surface area contributed by atoms with Gasteiger partial charge in [-0.1, -0.05) is 25.3 Å². The van der Waals surface area contributed by atoms with Crippen molar-refractivity contribution in [2.45, 2.75) is 44.7 Å². The van der Waals surface area contributed by atoms with Crippen molar-refractivity contribution >= 4 is 17.7 Å². The molecule has 28 heavy (non-hydrogen) atoms. The van der Waals surface area contributed by atoms with Gasteiger partial charge in [0.15, 0.2) is 0 Å². The Kier molecular flexibility index (Phi) is 4.94. The van der Waals surface area contributed by atoms with Gasteiger partial charge in [-0.05, 0) is 42.7 Å². The number of hydrogen-bond donors (Lipinski definition) is 0. The predicted molar refractivity (Wildman–Crippen MR) is 104 cm³/mol. The van der Waals surface area contributed by atoms with Gasteiger partial charge in [-0.25, -0.2) is 0 Å². The van der Waals surface area contributed by atoms with E-state index in [9.17, 15) is 14.4 Å². The van der Waals surface area contributed by atoms with E-state index in [1.54, 1.807) is 42.5 Å². The zero-order chi connectivity index (χ0) is 19.7. The number of imide groups is 1. The third kappa shape index (κ3) is 3.30. The highest BCUT2D eigenvalue weighted by atomic mass is 16.2. The fourth-order valence-electron chi connectivity index (χ4n) is 4.12. The van der Waals surface area contributed by atoms with Crippen LogP contribution in [0.25, 0.3) is 0 Å². The maximum atomic E-state index is 12.9. The molecule has 1 aliphatic carbocycles. The summed E-state index contributed by atoms with van der Waals surface area (Å²) in [4.78, 5) is 45.6. The molecule has 0 spiro atoms. The van der Waals surface area contributed by atoms with E-state index in [0.717, 1.165) is 37.7 Å². The molecule has 0 atom stereocenters. The molecule has 1 aromatic carbocycles. The number of nitrogens with zero attached hydrogens (tertiary/aromatic N) is 3. The van der Waals surface area contributed by atoms with Crippen LogP contribution in [0, 0.1) is 0 Å². The van der Waals surface area contributed by atoms with Gasteiger partial charge >= 0.3 is 0 Å². The molecule has 0 bridgehead atoms. The van der Waals surface area contributed by atoms with E-state index in [1.165, 1.54) is 4.90 Å². The van der Waals surface area contributed by atoms with Crippen LogP contribution in [0.1, 0.15) is 68.7 Å². The van der Waals surface area contributed by atoms with Gasteiger partial charge in [-0.3, -0.25) is 24.3 Å². The van der Waals surface area contributed by atoms with E-state index in [0.29, 0.717) is 23.2 Å². The molecular formula is C22H23N3O3. The zero-order valence-electron chi connectivity index (χ0n) is 15.9. The summed E-state index contributed by atoms with van der Waals surface area (Å²) in [6.07, 6.45) is 8.38. The molecule has 1 aromatic heterocycles. The molecule has 0 unspecified atom stereocenters. The molecule has 0 N–H and O–H groups in total. The van der Waals surface area contributed by atoms with Gasteiger partial charge in [0.05, 0.1) is 11.1 Å². The molecule has 2 heterocycles. The average Bonchev–Trinajstić information content (AvgIpc) is 2.98. The zero-order valence-corrected chi connectivity index (χ0v) is 15.9. The number of pyridine rings is 1. The Morgan fingerprint density at radius 2 is 1.86 bits per heavy atom. The monoisotopic (exact) mass is 377 g/mol. The summed E-state index contributed by atoms with van der Waals surface area (Å²) in [6, 6.07) is 8.53. The Hall–Kier alpha value is -3.02. The van der Waals surface area contributed by atoms with Crippen LogP contribution in [-0.4, -0.2) is 45.6 Å². The second-order valence-corrected chi connectivity index (χ2v) is 7.55. The van der Waals surface area contributed by atoms with Crippen molar-refractivity contribution in [2.75, 3.05) is 7.05 Å². The number of carbonyl (C=O) groups excluding carboxylic acids is 3. The number of carbonyl (C=O) groups is 3. The van der Waals surface area contributed by atoms with Crippen molar-refractivity contribution in [1.82, 2.24) is 14.8 Å². The first-order valence-corrected chi connectivity index (χ1v) is 9.72. The molecule has 1 aliphatic heterocycles. The maximum Gasteiger partial charge on any atom is 0.261 e.